The van der Waals surface area contributed by atoms with Crippen molar-refractivity contribution in [3.05, 3.63) is 48.3 Å². The van der Waals surface area contributed by atoms with Crippen molar-refractivity contribution in [3.8, 4) is 0 Å². The molecule has 1 aliphatic heterocycles. The fourth-order valence-electron chi connectivity index (χ4n) is 4.37. The van der Waals surface area contributed by atoms with Gasteiger partial charge in [0.15, 0.2) is 0 Å². The van der Waals surface area contributed by atoms with Gasteiger partial charge in [0, 0.05) is 38.8 Å². The van der Waals surface area contributed by atoms with Gasteiger partial charge in [-0.15, -0.1) is 0 Å². The molecule has 0 radical (unpaired) electrons. The molecule has 2 fully saturated rings. The lowest BCUT2D eigenvalue weighted by Gasteiger charge is -2.50. The molecule has 2 aromatic heterocycles. The van der Waals surface area contributed by atoms with Crippen molar-refractivity contribution >= 4 is 23.6 Å². The number of carbonyl (C=O) groups excluding carboxylic acids is 4. The number of hydrogen-bond acceptors (Lipinski definition) is 6. The van der Waals surface area contributed by atoms with Gasteiger partial charge < -0.3 is 8.83 Å². The van der Waals surface area contributed by atoms with E-state index >= 15 is 0 Å². The number of hydrogen-bond donors (Lipinski definition) is 0. The second-order valence-corrected chi connectivity index (χ2v) is 6.96. The summed E-state index contributed by atoms with van der Waals surface area (Å²) in [6.45, 7) is 0. The third-order valence-electron chi connectivity index (χ3n) is 5.63. The third-order valence-corrected chi connectivity index (χ3v) is 5.63. The van der Waals surface area contributed by atoms with Crippen LogP contribution in [0.3, 0.4) is 0 Å². The molecule has 4 rings (SSSR count). The Balaban J connectivity index is 1.99. The maximum absolute atomic E-state index is 13.4. The molecule has 8 heteroatoms. The molecule has 0 N–H and O–H groups in total. The number of urea groups is 1. The average molecular weight is 370 g/mol. The SMILES string of the molecule is CN1C(=O)N(C)C(=O)C2(C1=O)[C@@H](c1ccco1)CC(=O)C[C@H]2c1ccco1. The summed E-state index contributed by atoms with van der Waals surface area (Å²) in [5.41, 5.74) is -1.69. The predicted octanol–water partition coefficient (Wildman–Crippen LogP) is 2.14. The molecule has 2 aliphatic rings. The quantitative estimate of drug-likeness (QED) is 0.751. The Labute approximate surface area is 154 Å². The van der Waals surface area contributed by atoms with Crippen molar-refractivity contribution in [3.63, 3.8) is 0 Å². The molecular weight excluding hydrogens is 352 g/mol. The first-order valence-electron chi connectivity index (χ1n) is 8.57. The van der Waals surface area contributed by atoms with Crippen molar-refractivity contribution in [2.24, 2.45) is 5.41 Å². The van der Waals surface area contributed by atoms with E-state index < -0.39 is 35.1 Å². The van der Waals surface area contributed by atoms with Gasteiger partial charge in [0.05, 0.1) is 12.5 Å². The number of furan rings is 2. The molecule has 1 saturated carbocycles. The van der Waals surface area contributed by atoms with Crippen LogP contribution in [0.1, 0.15) is 36.2 Å². The first-order valence-corrected chi connectivity index (χ1v) is 8.57. The molecule has 1 saturated heterocycles. The van der Waals surface area contributed by atoms with Gasteiger partial charge in [-0.2, -0.15) is 0 Å². The molecule has 2 aromatic rings. The number of nitrogens with zero attached hydrogens (tertiary/aromatic N) is 2. The minimum absolute atomic E-state index is 0.0297. The lowest BCUT2D eigenvalue weighted by atomic mass is 9.56. The largest absolute Gasteiger partial charge is 0.469 e. The molecule has 0 aromatic carbocycles. The maximum Gasteiger partial charge on any atom is 0.332 e. The van der Waals surface area contributed by atoms with Crippen LogP contribution in [0.2, 0.25) is 0 Å². The molecule has 27 heavy (non-hydrogen) atoms. The number of amides is 4. The molecule has 1 spiro atoms. The van der Waals surface area contributed by atoms with E-state index in [0.29, 0.717) is 11.5 Å². The molecule has 4 amide bonds. The second-order valence-electron chi connectivity index (χ2n) is 6.96. The number of ketones is 1. The van der Waals surface area contributed by atoms with Gasteiger partial charge in [-0.1, -0.05) is 0 Å². The molecule has 3 heterocycles. The van der Waals surface area contributed by atoms with Gasteiger partial charge in [-0.05, 0) is 24.3 Å². The highest BCUT2D eigenvalue weighted by Crippen LogP contribution is 2.57. The van der Waals surface area contributed by atoms with Crippen LogP contribution in [0.15, 0.2) is 45.6 Å². The fraction of sp³-hybridized carbons (Fsp3) is 0.368. The number of rotatable bonds is 2. The van der Waals surface area contributed by atoms with Gasteiger partial charge >= 0.3 is 6.03 Å². The zero-order chi connectivity index (χ0) is 19.3. The van der Waals surface area contributed by atoms with Crippen molar-refractivity contribution in [1.82, 2.24) is 9.80 Å². The minimum Gasteiger partial charge on any atom is -0.469 e. The molecule has 140 valence electrons. The lowest BCUT2D eigenvalue weighted by Crippen LogP contribution is -2.68. The third kappa shape index (κ3) is 2.22. The van der Waals surface area contributed by atoms with E-state index in [1.807, 2.05) is 0 Å². The normalized spacial score (nSPS) is 25.6. The van der Waals surface area contributed by atoms with Gasteiger partial charge in [-0.3, -0.25) is 24.2 Å². The lowest BCUT2D eigenvalue weighted by molar-refractivity contribution is -0.165. The van der Waals surface area contributed by atoms with E-state index in [4.69, 9.17) is 8.83 Å². The zero-order valence-electron chi connectivity index (χ0n) is 14.9. The van der Waals surface area contributed by atoms with Gasteiger partial charge in [0.2, 0.25) is 11.8 Å². The molecule has 0 unspecified atom stereocenters. The van der Waals surface area contributed by atoms with Crippen LogP contribution in [-0.4, -0.2) is 47.5 Å². The summed E-state index contributed by atoms with van der Waals surface area (Å²) in [5, 5.41) is 0. The van der Waals surface area contributed by atoms with Crippen LogP contribution in [0.25, 0.3) is 0 Å². The number of Topliss-reactive ketones (excluding diaryl/α,β-unsaturated/α-hetero) is 1. The van der Waals surface area contributed by atoms with Gasteiger partial charge in [0.25, 0.3) is 0 Å². The van der Waals surface area contributed by atoms with Crippen LogP contribution >= 0.6 is 0 Å². The Morgan fingerprint density at radius 3 is 1.67 bits per heavy atom. The summed E-state index contributed by atoms with van der Waals surface area (Å²) in [7, 11) is 2.67. The van der Waals surface area contributed by atoms with E-state index in [1.165, 1.54) is 26.6 Å². The molecule has 8 nitrogen and oxygen atoms in total. The summed E-state index contributed by atoms with van der Waals surface area (Å²) >= 11 is 0. The summed E-state index contributed by atoms with van der Waals surface area (Å²) in [5.74, 6) is -2.35. The minimum atomic E-state index is -1.69. The highest BCUT2D eigenvalue weighted by Gasteiger charge is 2.67. The second kappa shape index (κ2) is 5.94. The van der Waals surface area contributed by atoms with Crippen LogP contribution in [0, 0.1) is 5.41 Å². The Morgan fingerprint density at radius 1 is 0.852 bits per heavy atom. The van der Waals surface area contributed by atoms with E-state index in [1.54, 1.807) is 24.3 Å². The van der Waals surface area contributed by atoms with Crippen LogP contribution in [0.4, 0.5) is 4.79 Å². The molecule has 0 bridgehead atoms. The monoisotopic (exact) mass is 370 g/mol. The Bertz CT molecular complexity index is 842. The Kier molecular flexibility index (Phi) is 3.80. The first-order chi connectivity index (χ1) is 12.9. The summed E-state index contributed by atoms with van der Waals surface area (Å²) in [6, 6.07) is 5.85. The topological polar surface area (TPSA) is 101 Å². The van der Waals surface area contributed by atoms with E-state index in [-0.39, 0.29) is 18.6 Å². The van der Waals surface area contributed by atoms with Crippen LogP contribution in [0.5, 0.6) is 0 Å². The van der Waals surface area contributed by atoms with Crippen molar-refractivity contribution in [2.45, 2.75) is 24.7 Å². The van der Waals surface area contributed by atoms with E-state index in [9.17, 15) is 19.2 Å². The Morgan fingerprint density at radius 2 is 1.30 bits per heavy atom. The Hall–Kier alpha value is -3.16. The summed E-state index contributed by atoms with van der Waals surface area (Å²) in [6.07, 6.45) is 2.80. The average Bonchev–Trinajstić information content (AvgIpc) is 3.37. The predicted molar refractivity (Wildman–Crippen MR) is 90.5 cm³/mol. The van der Waals surface area contributed by atoms with E-state index in [2.05, 4.69) is 0 Å². The summed E-state index contributed by atoms with van der Waals surface area (Å²) < 4.78 is 11.0. The van der Waals surface area contributed by atoms with Crippen LogP contribution < -0.4 is 0 Å². The molecular formula is C19H18N2O6. The highest BCUT2D eigenvalue weighted by atomic mass is 16.3. The van der Waals surface area contributed by atoms with Gasteiger partial charge in [0.1, 0.15) is 22.7 Å². The number of carbonyl (C=O) groups is 4. The number of imide groups is 2. The van der Waals surface area contributed by atoms with Crippen LogP contribution in [-0.2, 0) is 14.4 Å². The van der Waals surface area contributed by atoms with E-state index in [0.717, 1.165) is 9.80 Å². The molecule has 2 atom stereocenters. The smallest absolute Gasteiger partial charge is 0.332 e. The maximum atomic E-state index is 13.4. The van der Waals surface area contributed by atoms with Gasteiger partial charge in [-0.25, -0.2) is 4.79 Å². The fourth-order valence-corrected chi connectivity index (χ4v) is 4.37. The highest BCUT2D eigenvalue weighted by molar-refractivity contribution is 6.20. The van der Waals surface area contributed by atoms with Crippen molar-refractivity contribution in [1.29, 1.82) is 0 Å². The summed E-state index contributed by atoms with van der Waals surface area (Å²) in [4.78, 5) is 53.6. The number of barbiturate groups is 1. The standard InChI is InChI=1S/C19H18N2O6/c1-20-16(23)19(17(24)21(2)18(20)25)12(14-5-3-7-26-14)9-11(22)10-13(19)15-6-4-8-27-15/h3-8,12-13H,9-10H2,1-2H3/t12-,13+. The van der Waals surface area contributed by atoms with Crippen molar-refractivity contribution < 1.29 is 28.0 Å². The zero-order valence-corrected chi connectivity index (χ0v) is 14.9. The molecule has 1 aliphatic carbocycles. The first kappa shape index (κ1) is 17.3. The van der Waals surface area contributed by atoms with Crippen molar-refractivity contribution in [2.75, 3.05) is 14.1 Å².